The molecule has 1 nitrogen and oxygen atoms in total. The molecule has 2 heteroatoms. The van der Waals surface area contributed by atoms with Crippen molar-refractivity contribution in [1.29, 1.82) is 0 Å². The Morgan fingerprint density at radius 3 is 2.67 bits per heavy atom. The van der Waals surface area contributed by atoms with E-state index in [1.165, 1.54) is 5.69 Å². The number of pyridine rings is 1. The first-order valence-electron chi connectivity index (χ1n) is 2.89. The second kappa shape index (κ2) is 3.19. The van der Waals surface area contributed by atoms with Crippen LogP contribution >= 0.6 is 0 Å². The molecule has 9 heavy (non-hydrogen) atoms. The Balaban J connectivity index is 2.85. The summed E-state index contributed by atoms with van der Waals surface area (Å²) in [6.45, 7) is 2.16. The van der Waals surface area contributed by atoms with Gasteiger partial charge in [-0.1, -0.05) is 0 Å². The quantitative estimate of drug-likeness (QED) is 0.662. The molecule has 0 amide bonds. The molecule has 0 aliphatic carbocycles. The van der Waals surface area contributed by atoms with E-state index in [2.05, 4.69) is 18.0 Å². The van der Waals surface area contributed by atoms with Crippen LogP contribution in [0.2, 0.25) is 0 Å². The zero-order valence-electron chi connectivity index (χ0n) is 5.28. The van der Waals surface area contributed by atoms with Gasteiger partial charge in [0, 0.05) is 0 Å². The summed E-state index contributed by atoms with van der Waals surface area (Å²) in [7, 11) is 0. The van der Waals surface area contributed by atoms with Gasteiger partial charge >= 0.3 is 68.3 Å². The van der Waals surface area contributed by atoms with Crippen LogP contribution in [-0.4, -0.2) is 27.3 Å². The zero-order valence-corrected chi connectivity index (χ0v) is 7.83. The van der Waals surface area contributed by atoms with Crippen LogP contribution in [0.5, 0.6) is 0 Å². The summed E-state index contributed by atoms with van der Waals surface area (Å²) in [5, 5.41) is 0. The summed E-state index contributed by atoms with van der Waals surface area (Å²) < 4.78 is 0.597. The van der Waals surface area contributed by atoms with Crippen LogP contribution < -0.4 is 0 Å². The van der Waals surface area contributed by atoms with Gasteiger partial charge in [-0.3, -0.25) is 0 Å². The average Bonchev–Trinajstić information content (AvgIpc) is 1.90. The molecule has 0 spiro atoms. The van der Waals surface area contributed by atoms with Crippen molar-refractivity contribution in [3.05, 3.63) is 30.1 Å². The van der Waals surface area contributed by atoms with Crippen molar-refractivity contribution in [2.24, 2.45) is 0 Å². The molecule has 0 N–H and O–H groups in total. The molecule has 48 valence electrons. The fourth-order valence-corrected chi connectivity index (χ4v) is 1.06. The summed E-state index contributed by atoms with van der Waals surface area (Å²) >= 11 is 1.80. The van der Waals surface area contributed by atoms with Crippen molar-refractivity contribution in [3.63, 3.8) is 0 Å². The van der Waals surface area contributed by atoms with Gasteiger partial charge in [-0.15, -0.1) is 0 Å². The number of rotatable bonds is 1. The molecule has 1 atom stereocenters. The second-order valence-corrected chi connectivity index (χ2v) is 4.14. The SMILES string of the molecule is CC([TeH])c1ccccn1. The van der Waals surface area contributed by atoms with Crippen LogP contribution in [0.25, 0.3) is 0 Å². The van der Waals surface area contributed by atoms with E-state index in [1.807, 2.05) is 18.3 Å². The van der Waals surface area contributed by atoms with E-state index >= 15 is 0 Å². The third kappa shape index (κ3) is 1.96. The monoisotopic (exact) mass is 237 g/mol. The summed E-state index contributed by atoms with van der Waals surface area (Å²) in [5.41, 5.74) is 1.19. The maximum atomic E-state index is 4.19. The summed E-state index contributed by atoms with van der Waals surface area (Å²) in [6.07, 6.45) is 1.84. The van der Waals surface area contributed by atoms with Gasteiger partial charge < -0.3 is 0 Å². The number of hydrogen-bond acceptors (Lipinski definition) is 1. The normalized spacial score (nSPS) is 13.1. The average molecular weight is 235 g/mol. The predicted molar refractivity (Wildman–Crippen MR) is 39.8 cm³/mol. The van der Waals surface area contributed by atoms with Gasteiger partial charge in [0.25, 0.3) is 0 Å². The third-order valence-electron chi connectivity index (χ3n) is 1.12. The molecule has 0 radical (unpaired) electrons. The Bertz CT molecular complexity index is 172. The van der Waals surface area contributed by atoms with Crippen LogP contribution in [0.1, 0.15) is 16.6 Å². The minimum absolute atomic E-state index is 0.597. The summed E-state index contributed by atoms with van der Waals surface area (Å²) in [4.78, 5) is 4.19. The number of nitrogens with zero attached hydrogens (tertiary/aromatic N) is 1. The summed E-state index contributed by atoms with van der Waals surface area (Å²) in [5.74, 6) is 0. The Morgan fingerprint density at radius 1 is 1.56 bits per heavy atom. The Morgan fingerprint density at radius 2 is 2.33 bits per heavy atom. The first-order valence-corrected chi connectivity index (χ1v) is 4.37. The van der Waals surface area contributed by atoms with Gasteiger partial charge in [0.05, 0.1) is 0 Å². The van der Waals surface area contributed by atoms with Crippen LogP contribution in [0.4, 0.5) is 0 Å². The van der Waals surface area contributed by atoms with Gasteiger partial charge in [-0.2, -0.15) is 0 Å². The maximum absolute atomic E-state index is 4.19. The molecule has 1 heterocycles. The van der Waals surface area contributed by atoms with Crippen LogP contribution in [0.3, 0.4) is 0 Å². The standard InChI is InChI=1S/C7H9NTe/c1-6(9)7-4-2-3-5-8-7/h2-6,9H,1H3. The van der Waals surface area contributed by atoms with E-state index in [9.17, 15) is 0 Å². The molecule has 0 saturated heterocycles. The van der Waals surface area contributed by atoms with Crippen molar-refractivity contribution in [3.8, 4) is 0 Å². The van der Waals surface area contributed by atoms with Crippen molar-refractivity contribution in [2.45, 2.75) is 10.9 Å². The second-order valence-electron chi connectivity index (χ2n) is 1.93. The van der Waals surface area contributed by atoms with E-state index in [0.717, 1.165) is 0 Å². The molecular weight excluding hydrogens is 226 g/mol. The zero-order chi connectivity index (χ0) is 6.69. The van der Waals surface area contributed by atoms with Crippen LogP contribution in [0.15, 0.2) is 24.4 Å². The molecule has 0 aliphatic heterocycles. The van der Waals surface area contributed by atoms with E-state index in [4.69, 9.17) is 0 Å². The predicted octanol–water partition coefficient (Wildman–Crippen LogP) is 1.04. The Labute approximate surface area is 68.4 Å². The molecule has 0 bridgehead atoms. The molecule has 1 aromatic heterocycles. The first-order chi connectivity index (χ1) is 4.30. The summed E-state index contributed by atoms with van der Waals surface area (Å²) in [6, 6.07) is 6.02. The van der Waals surface area contributed by atoms with E-state index in [1.54, 1.807) is 22.3 Å². The van der Waals surface area contributed by atoms with Gasteiger partial charge in [0.15, 0.2) is 0 Å². The van der Waals surface area contributed by atoms with Gasteiger partial charge in [-0.05, 0) is 0 Å². The Kier molecular flexibility index (Phi) is 2.50. The molecule has 0 saturated carbocycles. The van der Waals surface area contributed by atoms with Crippen molar-refractivity contribution in [1.82, 2.24) is 4.98 Å². The Hall–Kier alpha value is -0.0604. The van der Waals surface area contributed by atoms with Crippen LogP contribution in [-0.2, 0) is 0 Å². The molecule has 0 aromatic carbocycles. The van der Waals surface area contributed by atoms with Crippen LogP contribution in [0, 0.1) is 0 Å². The number of hydrogen-bond donors (Lipinski definition) is 0. The molecule has 0 fully saturated rings. The van der Waals surface area contributed by atoms with Crippen molar-refractivity contribution in [2.75, 3.05) is 0 Å². The third-order valence-corrected chi connectivity index (χ3v) is 1.87. The molecular formula is C7H9NTe. The van der Waals surface area contributed by atoms with E-state index in [-0.39, 0.29) is 0 Å². The van der Waals surface area contributed by atoms with Crippen molar-refractivity contribution < 1.29 is 0 Å². The topological polar surface area (TPSA) is 12.9 Å². The minimum atomic E-state index is 0.597. The fourth-order valence-electron chi connectivity index (χ4n) is 0.623. The van der Waals surface area contributed by atoms with E-state index < -0.39 is 0 Å². The molecule has 1 aromatic rings. The van der Waals surface area contributed by atoms with E-state index in [0.29, 0.717) is 3.97 Å². The fraction of sp³-hybridized carbons (Fsp3) is 0.286. The first kappa shape index (κ1) is 7.05. The molecule has 1 unspecified atom stereocenters. The van der Waals surface area contributed by atoms with Gasteiger partial charge in [0.2, 0.25) is 0 Å². The number of aromatic nitrogens is 1. The van der Waals surface area contributed by atoms with Crippen molar-refractivity contribution >= 4 is 22.3 Å². The molecule has 1 rings (SSSR count). The van der Waals surface area contributed by atoms with Gasteiger partial charge in [-0.25, -0.2) is 0 Å². The molecule has 0 aliphatic rings. The van der Waals surface area contributed by atoms with Gasteiger partial charge in [0.1, 0.15) is 0 Å².